The zero-order valence-corrected chi connectivity index (χ0v) is 16.3. The molecule has 1 amide bonds. The molecule has 1 aromatic carbocycles. The van der Waals surface area contributed by atoms with E-state index in [1.54, 1.807) is 28.6 Å². The van der Waals surface area contributed by atoms with Crippen LogP contribution in [0.4, 0.5) is 5.69 Å². The molecule has 1 aliphatic rings. The molecule has 0 bridgehead atoms. The molecular weight excluding hydrogens is 364 g/mol. The van der Waals surface area contributed by atoms with E-state index in [0.717, 1.165) is 18.6 Å². The van der Waals surface area contributed by atoms with Crippen molar-refractivity contribution < 1.29 is 17.6 Å². The standard InChI is InChI=1S/C20H24N2O4S/c1-15-4-3-13-22(14-15)27(24,25)19-10-6-17(7-11-19)21-20(23)12-9-18-8-5-16(2)26-18/h5-12,15H,3-4,13-14H2,1-2H3,(H,21,23)/b12-9+. The van der Waals surface area contributed by atoms with Crippen molar-refractivity contribution >= 4 is 27.7 Å². The van der Waals surface area contributed by atoms with E-state index in [2.05, 4.69) is 12.2 Å². The van der Waals surface area contributed by atoms with Crippen LogP contribution in [0.1, 0.15) is 31.3 Å². The SMILES string of the molecule is Cc1ccc(/C=C/C(=O)Nc2ccc(S(=O)(=O)N3CCCC(C)C3)cc2)o1. The summed E-state index contributed by atoms with van der Waals surface area (Å²) in [6.45, 7) is 5.01. The summed E-state index contributed by atoms with van der Waals surface area (Å²) in [4.78, 5) is 12.2. The second-order valence-corrected chi connectivity index (χ2v) is 8.84. The van der Waals surface area contributed by atoms with E-state index >= 15 is 0 Å². The summed E-state index contributed by atoms with van der Waals surface area (Å²) >= 11 is 0. The lowest BCUT2D eigenvalue weighted by Crippen LogP contribution is -2.39. The van der Waals surface area contributed by atoms with Gasteiger partial charge in [0.1, 0.15) is 11.5 Å². The highest BCUT2D eigenvalue weighted by Crippen LogP contribution is 2.24. The Morgan fingerprint density at radius 2 is 1.96 bits per heavy atom. The molecule has 1 unspecified atom stereocenters. The molecule has 2 aromatic rings. The van der Waals surface area contributed by atoms with Gasteiger partial charge in [-0.1, -0.05) is 6.92 Å². The molecule has 1 aliphatic heterocycles. The Bertz CT molecular complexity index is 929. The summed E-state index contributed by atoms with van der Waals surface area (Å²) in [7, 11) is -3.49. The van der Waals surface area contributed by atoms with Gasteiger partial charge >= 0.3 is 0 Å². The molecular formula is C20H24N2O4S. The first-order valence-corrected chi connectivity index (χ1v) is 10.4. The van der Waals surface area contributed by atoms with Crippen LogP contribution in [-0.2, 0) is 14.8 Å². The Kier molecular flexibility index (Phi) is 5.82. The summed E-state index contributed by atoms with van der Waals surface area (Å²) in [5.41, 5.74) is 0.534. The van der Waals surface area contributed by atoms with E-state index in [4.69, 9.17) is 4.42 Å². The lowest BCUT2D eigenvalue weighted by atomic mass is 10.0. The van der Waals surface area contributed by atoms with E-state index in [9.17, 15) is 13.2 Å². The normalized spacial score (nSPS) is 18.7. The molecule has 0 aliphatic carbocycles. The molecule has 144 valence electrons. The number of furan rings is 1. The van der Waals surface area contributed by atoms with Crippen LogP contribution < -0.4 is 5.32 Å². The number of hydrogen-bond donors (Lipinski definition) is 1. The Hall–Kier alpha value is -2.38. The van der Waals surface area contributed by atoms with Crippen LogP contribution in [0.3, 0.4) is 0 Å². The molecule has 3 rings (SSSR count). The number of amides is 1. The Morgan fingerprint density at radius 1 is 1.22 bits per heavy atom. The van der Waals surface area contributed by atoms with Crippen molar-refractivity contribution in [2.75, 3.05) is 18.4 Å². The van der Waals surface area contributed by atoms with Crippen LogP contribution in [0, 0.1) is 12.8 Å². The number of nitrogens with one attached hydrogen (secondary N) is 1. The second kappa shape index (κ2) is 8.10. The molecule has 0 radical (unpaired) electrons. The lowest BCUT2D eigenvalue weighted by Gasteiger charge is -2.30. The van der Waals surface area contributed by atoms with Crippen LogP contribution in [0.25, 0.3) is 6.08 Å². The Morgan fingerprint density at radius 3 is 2.59 bits per heavy atom. The maximum atomic E-state index is 12.7. The number of nitrogens with zero attached hydrogens (tertiary/aromatic N) is 1. The van der Waals surface area contributed by atoms with Crippen molar-refractivity contribution in [1.82, 2.24) is 4.31 Å². The molecule has 27 heavy (non-hydrogen) atoms. The molecule has 2 heterocycles. The van der Waals surface area contributed by atoms with Gasteiger partial charge in [0.15, 0.2) is 0 Å². The summed E-state index contributed by atoms with van der Waals surface area (Å²) < 4.78 is 32.4. The molecule has 0 saturated carbocycles. The van der Waals surface area contributed by atoms with E-state index in [1.165, 1.54) is 18.2 Å². The van der Waals surface area contributed by atoms with Gasteiger partial charge in [0.25, 0.3) is 0 Å². The van der Waals surface area contributed by atoms with Gasteiger partial charge in [-0.2, -0.15) is 4.31 Å². The summed E-state index contributed by atoms with van der Waals surface area (Å²) in [6, 6.07) is 9.86. The average Bonchev–Trinajstić information content (AvgIpc) is 3.06. The van der Waals surface area contributed by atoms with Crippen molar-refractivity contribution in [1.29, 1.82) is 0 Å². The maximum absolute atomic E-state index is 12.7. The molecule has 0 spiro atoms. The van der Waals surface area contributed by atoms with Crippen molar-refractivity contribution in [3.8, 4) is 0 Å². The first-order chi connectivity index (χ1) is 12.8. The summed E-state index contributed by atoms with van der Waals surface area (Å²) in [6.07, 6.45) is 4.90. The van der Waals surface area contributed by atoms with E-state index < -0.39 is 10.0 Å². The highest BCUT2D eigenvalue weighted by Gasteiger charge is 2.28. The van der Waals surface area contributed by atoms with Gasteiger partial charge in [-0.05, 0) is 68.2 Å². The molecule has 1 N–H and O–H groups in total. The zero-order chi connectivity index (χ0) is 19.4. The van der Waals surface area contributed by atoms with Gasteiger partial charge in [-0.25, -0.2) is 8.42 Å². The van der Waals surface area contributed by atoms with Crippen LogP contribution in [0.15, 0.2) is 51.8 Å². The predicted molar refractivity (Wildman–Crippen MR) is 105 cm³/mol. The number of anilines is 1. The molecule has 1 saturated heterocycles. The third-order valence-corrected chi connectivity index (χ3v) is 6.42. The van der Waals surface area contributed by atoms with Crippen LogP contribution in [-0.4, -0.2) is 31.7 Å². The highest BCUT2D eigenvalue weighted by molar-refractivity contribution is 7.89. The number of rotatable bonds is 5. The maximum Gasteiger partial charge on any atom is 0.248 e. The van der Waals surface area contributed by atoms with Crippen molar-refractivity contribution in [3.63, 3.8) is 0 Å². The van der Waals surface area contributed by atoms with Gasteiger partial charge < -0.3 is 9.73 Å². The van der Waals surface area contributed by atoms with Crippen molar-refractivity contribution in [2.24, 2.45) is 5.92 Å². The number of carbonyl (C=O) groups excluding carboxylic acids is 1. The summed E-state index contributed by atoms with van der Waals surface area (Å²) in [5, 5.41) is 2.71. The lowest BCUT2D eigenvalue weighted by molar-refractivity contribution is -0.111. The number of aryl methyl sites for hydroxylation is 1. The number of sulfonamides is 1. The third-order valence-electron chi connectivity index (χ3n) is 4.54. The zero-order valence-electron chi connectivity index (χ0n) is 15.5. The van der Waals surface area contributed by atoms with Gasteiger partial charge in [-0.15, -0.1) is 0 Å². The monoisotopic (exact) mass is 388 g/mol. The molecule has 1 aromatic heterocycles. The van der Waals surface area contributed by atoms with Gasteiger partial charge in [0.2, 0.25) is 15.9 Å². The largest absolute Gasteiger partial charge is 0.462 e. The van der Waals surface area contributed by atoms with Crippen molar-refractivity contribution in [3.05, 3.63) is 54.0 Å². The van der Waals surface area contributed by atoms with E-state index in [-0.39, 0.29) is 10.8 Å². The number of benzene rings is 1. The number of hydrogen-bond acceptors (Lipinski definition) is 4. The summed E-state index contributed by atoms with van der Waals surface area (Å²) in [5.74, 6) is 1.43. The Labute approximate surface area is 159 Å². The third kappa shape index (κ3) is 4.87. The minimum absolute atomic E-state index is 0.246. The molecule has 1 fully saturated rings. The minimum atomic E-state index is -3.49. The van der Waals surface area contributed by atoms with Crippen LogP contribution >= 0.6 is 0 Å². The quantitative estimate of drug-likeness (QED) is 0.793. The van der Waals surface area contributed by atoms with Crippen LogP contribution in [0.5, 0.6) is 0 Å². The average molecular weight is 388 g/mol. The van der Waals surface area contributed by atoms with E-state index in [0.29, 0.717) is 30.5 Å². The Balaban J connectivity index is 1.64. The van der Waals surface area contributed by atoms with Gasteiger partial charge in [-0.3, -0.25) is 4.79 Å². The topological polar surface area (TPSA) is 79.6 Å². The van der Waals surface area contributed by atoms with Crippen LogP contribution in [0.2, 0.25) is 0 Å². The smallest absolute Gasteiger partial charge is 0.248 e. The van der Waals surface area contributed by atoms with Crippen molar-refractivity contribution in [2.45, 2.75) is 31.6 Å². The molecule has 7 heteroatoms. The predicted octanol–water partition coefficient (Wildman–Crippen LogP) is 3.66. The van der Waals surface area contributed by atoms with E-state index in [1.807, 2.05) is 13.0 Å². The highest BCUT2D eigenvalue weighted by atomic mass is 32.2. The molecule has 6 nitrogen and oxygen atoms in total. The fourth-order valence-corrected chi connectivity index (χ4v) is 4.71. The number of carbonyl (C=O) groups is 1. The number of piperidine rings is 1. The van der Waals surface area contributed by atoms with Gasteiger partial charge in [0, 0.05) is 24.9 Å². The first-order valence-electron chi connectivity index (χ1n) is 9.00. The fraction of sp³-hybridized carbons (Fsp3) is 0.350. The molecule has 1 atom stereocenters. The first kappa shape index (κ1) is 19.4. The second-order valence-electron chi connectivity index (χ2n) is 6.91. The minimum Gasteiger partial charge on any atom is -0.462 e. The fourth-order valence-electron chi connectivity index (χ4n) is 3.11. The van der Waals surface area contributed by atoms with Gasteiger partial charge in [0.05, 0.1) is 4.90 Å².